The van der Waals surface area contributed by atoms with E-state index in [2.05, 4.69) is 190 Å². The van der Waals surface area contributed by atoms with Crippen LogP contribution in [0.3, 0.4) is 0 Å². The first-order chi connectivity index (χ1) is 37.9. The molecule has 0 aromatic carbocycles. The van der Waals surface area contributed by atoms with Crippen LogP contribution in [0.2, 0.25) is 0 Å². The van der Waals surface area contributed by atoms with Gasteiger partial charge in [0.1, 0.15) is 61.8 Å². The first-order valence-electron chi connectivity index (χ1n) is 23.6. The number of ether oxygens (including phenoxy) is 1. The third-order valence-electron chi connectivity index (χ3n) is 11.0. The number of aryl methyl sites for hydroxylation is 1. The number of anilines is 1. The van der Waals surface area contributed by atoms with Crippen LogP contribution in [0.5, 0.6) is 0 Å². The number of nitrogens with one attached hydrogen (secondary N) is 4. The number of piperidine rings is 1. The fourth-order valence-corrected chi connectivity index (χ4v) is 9.81. The van der Waals surface area contributed by atoms with Crippen molar-refractivity contribution in [3.63, 3.8) is 0 Å². The van der Waals surface area contributed by atoms with E-state index in [1.54, 1.807) is 23.4 Å². The third-order valence-corrected chi connectivity index (χ3v) is 13.7. The molecule has 2 aliphatic rings. The molecule has 0 saturated carbocycles. The molecule has 6 N–H and O–H groups in total. The van der Waals surface area contributed by atoms with Gasteiger partial charge in [0, 0.05) is 110 Å². The van der Waals surface area contributed by atoms with Gasteiger partial charge in [-0.25, -0.2) is 35.6 Å². The van der Waals surface area contributed by atoms with Crippen molar-refractivity contribution in [3.8, 4) is 0 Å². The number of rotatable bonds is 1. The number of nitrogen functional groups attached to an aromatic ring is 1. The van der Waals surface area contributed by atoms with Gasteiger partial charge in [-0.3, -0.25) is 14.8 Å². The van der Waals surface area contributed by atoms with Crippen molar-refractivity contribution >= 4 is 191 Å². The molecule has 0 unspecified atom stereocenters. The van der Waals surface area contributed by atoms with Gasteiger partial charge in [0.15, 0.2) is 0 Å². The molecule has 10 aromatic rings. The van der Waals surface area contributed by atoms with Crippen LogP contribution < -0.4 is 16.6 Å². The van der Waals surface area contributed by atoms with Crippen LogP contribution in [0.15, 0.2) is 137 Å². The summed E-state index contributed by atoms with van der Waals surface area (Å²) in [6.07, 6.45) is 8.98. The molecule has 1 saturated heterocycles. The van der Waals surface area contributed by atoms with E-state index in [0.717, 1.165) is 96.6 Å². The van der Waals surface area contributed by atoms with Gasteiger partial charge in [-0.15, -0.1) is 0 Å². The fourth-order valence-electron chi connectivity index (χ4n) is 7.62. The number of hydrazine groups is 1. The Morgan fingerprint density at radius 1 is 0.675 bits per heavy atom. The number of carbonyl (C=O) groups excluding carboxylic acids is 2. The van der Waals surface area contributed by atoms with Gasteiger partial charge in [0.25, 0.3) is 0 Å². The molecule has 10 aromatic heterocycles. The quantitative estimate of drug-likeness (QED) is 0.0256. The molecule has 12 rings (SSSR count). The zero-order valence-corrected chi connectivity index (χ0v) is 55.9. The number of hydrogen-bond acceptors (Lipinski definition) is 15. The Bertz CT molecular complexity index is 3640. The van der Waals surface area contributed by atoms with E-state index in [1.165, 1.54) is 16.6 Å². The fraction of sp³-hybridized carbons (Fsp3) is 0.264. The molecule has 80 heavy (non-hydrogen) atoms. The van der Waals surface area contributed by atoms with E-state index >= 15 is 0 Å². The zero-order chi connectivity index (χ0) is 57.6. The second-order valence-electron chi connectivity index (χ2n) is 17.4. The molecule has 2 aliphatic heterocycles. The summed E-state index contributed by atoms with van der Waals surface area (Å²) in [7, 11) is 2.02. The first kappa shape index (κ1) is 68.1. The van der Waals surface area contributed by atoms with E-state index in [1.807, 2.05) is 112 Å². The van der Waals surface area contributed by atoms with Crippen LogP contribution in [0.4, 0.5) is 10.6 Å². The van der Waals surface area contributed by atoms with Gasteiger partial charge in [-0.1, -0.05) is 42.2 Å². The van der Waals surface area contributed by atoms with Crippen molar-refractivity contribution in [3.05, 3.63) is 149 Å². The van der Waals surface area contributed by atoms with Crippen LogP contribution in [0, 0.1) is 0 Å². The Hall–Kier alpha value is -4.42. The molecule has 12 heterocycles. The molecule has 27 heteroatoms. The predicted octanol–water partition coefficient (Wildman–Crippen LogP) is 14.5. The number of aromatic amines is 2. The van der Waals surface area contributed by atoms with Crippen molar-refractivity contribution in [1.29, 1.82) is 0 Å². The minimum absolute atomic E-state index is 0. The average Bonchev–Trinajstić information content (AvgIpc) is 4.23. The van der Waals surface area contributed by atoms with E-state index in [9.17, 15) is 9.59 Å². The van der Waals surface area contributed by atoms with Crippen LogP contribution >= 0.6 is 118 Å². The van der Waals surface area contributed by atoms with Gasteiger partial charge >= 0.3 is 28.6 Å². The number of nitrogens with two attached hydrogens (primary N) is 1. The number of pyridine rings is 7. The molecule has 0 bridgehead atoms. The summed E-state index contributed by atoms with van der Waals surface area (Å²) < 4.78 is 29.1. The number of fused-ring (bicyclic) bond motifs is 9. The van der Waals surface area contributed by atoms with Crippen molar-refractivity contribution in [2.24, 2.45) is 12.9 Å². The molecule has 0 aliphatic carbocycles. The topological polar surface area (TPSA) is 258 Å². The van der Waals surface area contributed by atoms with Gasteiger partial charge < -0.3 is 34.9 Å². The van der Waals surface area contributed by atoms with Gasteiger partial charge in [0.05, 0.1) is 11.0 Å². The number of alkyl halides is 1. The van der Waals surface area contributed by atoms with E-state index in [0.29, 0.717) is 31.7 Å². The van der Waals surface area contributed by atoms with Crippen molar-refractivity contribution in [2.75, 3.05) is 30.0 Å². The number of halogens is 7. The number of H-pyrrole nitrogens is 2. The number of aromatic nitrogens is 10. The van der Waals surface area contributed by atoms with Crippen LogP contribution in [-0.4, -0.2) is 96.4 Å². The van der Waals surface area contributed by atoms with E-state index in [4.69, 9.17) is 18.2 Å². The summed E-state index contributed by atoms with van der Waals surface area (Å²) in [6.45, 7) is 8.50. The summed E-state index contributed by atoms with van der Waals surface area (Å²) in [4.78, 5) is 62.1. The summed E-state index contributed by atoms with van der Waals surface area (Å²) in [5, 5.41) is 9.13. The summed E-state index contributed by atoms with van der Waals surface area (Å²) in [5.74, 6) is 5.97. The second-order valence-corrected chi connectivity index (χ2v) is 22.5. The maximum atomic E-state index is 11.5. The number of amides is 1. The normalized spacial score (nSPS) is 12.2. The Labute approximate surface area is 532 Å². The predicted molar refractivity (Wildman–Crippen MR) is 341 cm³/mol. The number of Topliss-reactive ketones (excluding diaryl/α,β-unsaturated/α-hetero) is 1. The summed E-state index contributed by atoms with van der Waals surface area (Å²) in [5.41, 5.74) is 9.78. The molecule has 0 atom stereocenters. The molecular formula is C53H57Br6IMnN14O5. The maximum absolute atomic E-state index is 11.5. The average molecular weight is 1630 g/mol. The molecular weight excluding hydrogens is 1570 g/mol. The monoisotopic (exact) mass is 1620 g/mol. The molecule has 0 spiro atoms. The van der Waals surface area contributed by atoms with Gasteiger partial charge in [0.2, 0.25) is 0 Å². The van der Waals surface area contributed by atoms with Crippen LogP contribution in [0.1, 0.15) is 52.3 Å². The Morgan fingerprint density at radius 2 is 1.20 bits per heavy atom. The molecule has 0 radical (unpaired) electrons. The molecule has 425 valence electrons. The second kappa shape index (κ2) is 34.2. The molecule has 19 nitrogen and oxygen atoms in total. The van der Waals surface area contributed by atoms with E-state index in [-0.39, 0.29) is 19.3 Å². The van der Waals surface area contributed by atoms with Crippen molar-refractivity contribution in [2.45, 2.75) is 59.6 Å². The Balaban J connectivity index is 0.000000205. The van der Waals surface area contributed by atoms with Gasteiger partial charge in [-0.05, 0) is 200 Å². The number of ketones is 1. The number of carbonyl (C=O) groups is 2. The Morgan fingerprint density at radius 3 is 1.76 bits per heavy atom. The summed E-state index contributed by atoms with van der Waals surface area (Å²) in [6, 6.07) is 27.2. The van der Waals surface area contributed by atoms with Crippen LogP contribution in [-0.2, 0) is 52.0 Å². The molecule has 1 amide bonds. The van der Waals surface area contributed by atoms with Gasteiger partial charge in [-0.2, -0.15) is 0 Å². The SMILES string of the molecule is Brc1ccc2c(n1)[nH]c1ccncc12.Brc1ccc2c3c([nH]c2n1)CCNC3.Brc1cccc(Br)n1.C.CC(C)(C)OC(=O)N1CCC(=O)CC1.CI.Cn1c2ccncc2c2ccc(Br)nc21.NNc1cccc(Br)n1.[O]=[Mn]=[O]. The minimum atomic E-state index is -1.44. The standard InChI is InChI=1S/C11H8BrN3.C10H10BrN3.C10H6BrN3.C10H17NO3.C5H3Br2N.C5H6BrN3.CH3I.CH4.Mn.2O/c1-15-9-4-5-13-6-8(9)7-2-3-10(12)14-11(7)15;2*11-9-2-1-6-7-5-12-4-3-8(7)13-10(6)14-9;1-10(2,3)14-9(13)11-6-4-8(12)5-7-11;6-4-2-1-3-5(7)8-4;6-4-2-1-3-5(8-4)9-7;1-2;;;;/h2-6H,1H3;1-2,12H,3-5H2,(H,13,14);1-5H,(H,13,14);4-7H2,1-3H3;1-3H;1-3H,7H2,(H,8,9);1H3;1H4;;;. The number of hydrogen-bond donors (Lipinski definition) is 5. The first-order valence-corrected chi connectivity index (χ1v) is 31.5. The Kier molecular flexibility index (Phi) is 29.1. The van der Waals surface area contributed by atoms with Crippen LogP contribution in [0.25, 0.3) is 54.9 Å². The third kappa shape index (κ3) is 20.8. The van der Waals surface area contributed by atoms with E-state index < -0.39 is 20.4 Å². The van der Waals surface area contributed by atoms with Crippen molar-refractivity contribution in [1.82, 2.24) is 59.6 Å². The summed E-state index contributed by atoms with van der Waals surface area (Å²) >= 11 is 20.5. The number of nitrogens with zero attached hydrogens (tertiary/aromatic N) is 9. The zero-order valence-electron chi connectivity index (χ0n) is 43.0. The molecule has 1 fully saturated rings. The number of likely N-dealkylation sites (tertiary alicyclic amines) is 1. The van der Waals surface area contributed by atoms with Crippen molar-refractivity contribution < 1.29 is 36.8 Å².